The Balaban J connectivity index is 1.48. The maximum absolute atomic E-state index is 12.8. The number of imide groups is 1. The van der Waals surface area contributed by atoms with Crippen molar-refractivity contribution in [3.63, 3.8) is 0 Å². The summed E-state index contributed by atoms with van der Waals surface area (Å²) in [6, 6.07) is 1.18. The first-order valence-corrected chi connectivity index (χ1v) is 8.77. The molecular formula is C17H22N4O4. The second-order valence-electron chi connectivity index (χ2n) is 7.41. The predicted molar refractivity (Wildman–Crippen MR) is 86.3 cm³/mol. The average molecular weight is 346 g/mol. The number of rotatable bonds is 4. The third-order valence-corrected chi connectivity index (χ3v) is 5.54. The van der Waals surface area contributed by atoms with Gasteiger partial charge in [0.1, 0.15) is 12.1 Å². The van der Waals surface area contributed by atoms with Crippen molar-refractivity contribution in [2.75, 3.05) is 13.1 Å². The minimum atomic E-state index is -0.857. The summed E-state index contributed by atoms with van der Waals surface area (Å²) in [5.74, 6) is 0.309. The van der Waals surface area contributed by atoms with Gasteiger partial charge in [-0.25, -0.2) is 4.79 Å². The van der Waals surface area contributed by atoms with Crippen LogP contribution in [0.5, 0.6) is 0 Å². The van der Waals surface area contributed by atoms with Crippen molar-refractivity contribution in [2.45, 2.75) is 51.1 Å². The number of urea groups is 1. The molecule has 0 aromatic carbocycles. The van der Waals surface area contributed by atoms with Crippen LogP contribution in [-0.2, 0) is 9.59 Å². The van der Waals surface area contributed by atoms with Crippen molar-refractivity contribution < 1.29 is 18.9 Å². The first kappa shape index (κ1) is 16.1. The van der Waals surface area contributed by atoms with Gasteiger partial charge in [0.05, 0.1) is 11.7 Å². The molecule has 0 spiro atoms. The van der Waals surface area contributed by atoms with Gasteiger partial charge in [0.2, 0.25) is 5.91 Å². The largest absolute Gasteiger partial charge is 0.359 e. The van der Waals surface area contributed by atoms with E-state index in [-0.39, 0.29) is 30.3 Å². The van der Waals surface area contributed by atoms with E-state index in [1.165, 1.54) is 0 Å². The number of hydrogen-bond donors (Lipinski definition) is 1. The standard InChI is InChI=1S/C17H22N4O4/c1-10-8-13(25-19-10)12-4-3-7-20(12)14(22)9-21-15(23)17(2,11-5-6-11)18-16(21)24/h8,11-12H,3-7,9H2,1-2H3,(H,18,24)/t12-,17-/m1/s1. The van der Waals surface area contributed by atoms with Crippen molar-refractivity contribution >= 4 is 17.8 Å². The van der Waals surface area contributed by atoms with Gasteiger partial charge in [-0.2, -0.15) is 0 Å². The van der Waals surface area contributed by atoms with E-state index in [1.807, 2.05) is 13.0 Å². The number of likely N-dealkylation sites (tertiary alicyclic amines) is 1. The van der Waals surface area contributed by atoms with Gasteiger partial charge in [-0.15, -0.1) is 0 Å². The normalized spacial score (nSPS) is 29.4. The molecule has 1 saturated carbocycles. The Morgan fingerprint density at radius 2 is 2.16 bits per heavy atom. The Bertz CT molecular complexity index is 741. The zero-order valence-corrected chi connectivity index (χ0v) is 14.4. The number of nitrogens with one attached hydrogen (secondary N) is 1. The van der Waals surface area contributed by atoms with Crippen molar-refractivity contribution in [1.82, 2.24) is 20.3 Å². The molecule has 1 aromatic rings. The van der Waals surface area contributed by atoms with Crippen molar-refractivity contribution in [3.8, 4) is 0 Å². The van der Waals surface area contributed by atoms with Gasteiger partial charge in [-0.3, -0.25) is 14.5 Å². The number of nitrogens with zero attached hydrogens (tertiary/aromatic N) is 3. The van der Waals surface area contributed by atoms with Crippen LogP contribution in [0.25, 0.3) is 0 Å². The molecule has 0 bridgehead atoms. The minimum absolute atomic E-state index is 0.177. The molecule has 134 valence electrons. The SMILES string of the molecule is Cc1cc([C@H]2CCCN2C(=O)CN2C(=O)N[C@](C)(C3CC3)C2=O)on1. The number of amides is 4. The van der Waals surface area contributed by atoms with Gasteiger partial charge < -0.3 is 14.7 Å². The van der Waals surface area contributed by atoms with Crippen LogP contribution in [0.3, 0.4) is 0 Å². The Labute approximate surface area is 145 Å². The predicted octanol–water partition coefficient (Wildman–Crippen LogP) is 1.37. The van der Waals surface area contributed by atoms with Crippen LogP contribution in [0.4, 0.5) is 4.79 Å². The molecule has 8 heteroatoms. The molecule has 2 saturated heterocycles. The third kappa shape index (κ3) is 2.60. The molecule has 3 heterocycles. The van der Waals surface area contributed by atoms with E-state index in [4.69, 9.17) is 4.52 Å². The van der Waals surface area contributed by atoms with Crippen LogP contribution >= 0.6 is 0 Å². The highest BCUT2D eigenvalue weighted by Crippen LogP contribution is 2.42. The van der Waals surface area contributed by atoms with E-state index in [0.29, 0.717) is 12.3 Å². The molecule has 8 nitrogen and oxygen atoms in total. The lowest BCUT2D eigenvalue weighted by molar-refractivity contribution is -0.139. The van der Waals surface area contributed by atoms with Gasteiger partial charge in [-0.1, -0.05) is 5.16 Å². The minimum Gasteiger partial charge on any atom is -0.359 e. The van der Waals surface area contributed by atoms with Gasteiger partial charge in [0.15, 0.2) is 5.76 Å². The lowest BCUT2D eigenvalue weighted by Crippen LogP contribution is -2.47. The number of aryl methyl sites for hydroxylation is 1. The fourth-order valence-electron chi connectivity index (χ4n) is 3.92. The molecule has 2 aliphatic heterocycles. The zero-order valence-electron chi connectivity index (χ0n) is 14.4. The molecule has 4 amide bonds. The Morgan fingerprint density at radius 1 is 1.40 bits per heavy atom. The molecule has 1 N–H and O–H groups in total. The van der Waals surface area contributed by atoms with Crippen LogP contribution < -0.4 is 5.32 Å². The smallest absolute Gasteiger partial charge is 0.325 e. The fraction of sp³-hybridized carbons (Fsp3) is 0.647. The van der Waals surface area contributed by atoms with E-state index in [2.05, 4.69) is 10.5 Å². The maximum Gasteiger partial charge on any atom is 0.325 e. The van der Waals surface area contributed by atoms with Gasteiger partial charge in [0.25, 0.3) is 5.91 Å². The summed E-state index contributed by atoms with van der Waals surface area (Å²) in [7, 11) is 0. The summed E-state index contributed by atoms with van der Waals surface area (Å²) >= 11 is 0. The molecule has 25 heavy (non-hydrogen) atoms. The van der Waals surface area contributed by atoms with Crippen LogP contribution in [0, 0.1) is 12.8 Å². The van der Waals surface area contributed by atoms with Crippen LogP contribution in [-0.4, -0.2) is 51.4 Å². The van der Waals surface area contributed by atoms with E-state index in [1.54, 1.807) is 11.8 Å². The summed E-state index contributed by atoms with van der Waals surface area (Å²) in [5, 5.41) is 6.66. The summed E-state index contributed by atoms with van der Waals surface area (Å²) in [5.41, 5.74) is -0.0901. The monoisotopic (exact) mass is 346 g/mol. The average Bonchev–Trinajstić information content (AvgIpc) is 3.10. The number of aromatic nitrogens is 1. The molecule has 1 aliphatic carbocycles. The van der Waals surface area contributed by atoms with Crippen LogP contribution in [0.2, 0.25) is 0 Å². The maximum atomic E-state index is 12.8. The van der Waals surface area contributed by atoms with Crippen molar-refractivity contribution in [3.05, 3.63) is 17.5 Å². The topological polar surface area (TPSA) is 95.8 Å². The van der Waals surface area contributed by atoms with Crippen LogP contribution in [0.1, 0.15) is 50.1 Å². The van der Waals surface area contributed by atoms with Crippen molar-refractivity contribution in [2.24, 2.45) is 5.92 Å². The summed E-state index contributed by atoms with van der Waals surface area (Å²) in [6.07, 6.45) is 3.52. The Kier molecular flexibility index (Phi) is 3.59. The summed E-state index contributed by atoms with van der Waals surface area (Å²) in [6.45, 7) is 3.95. The molecule has 0 unspecified atom stereocenters. The van der Waals surface area contributed by atoms with Crippen LogP contribution in [0.15, 0.2) is 10.6 Å². The second kappa shape index (κ2) is 5.57. The number of carbonyl (C=O) groups excluding carboxylic acids is 3. The van der Waals surface area contributed by atoms with Gasteiger partial charge in [0, 0.05) is 12.6 Å². The highest BCUT2D eigenvalue weighted by Gasteiger charge is 2.56. The zero-order chi connectivity index (χ0) is 17.8. The Morgan fingerprint density at radius 3 is 2.80 bits per heavy atom. The number of hydrogen-bond acceptors (Lipinski definition) is 5. The number of carbonyl (C=O) groups is 3. The highest BCUT2D eigenvalue weighted by molar-refractivity contribution is 6.09. The van der Waals surface area contributed by atoms with Crippen molar-refractivity contribution in [1.29, 1.82) is 0 Å². The van der Waals surface area contributed by atoms with E-state index in [0.717, 1.165) is 36.3 Å². The molecule has 1 aromatic heterocycles. The molecular weight excluding hydrogens is 324 g/mol. The van der Waals surface area contributed by atoms with E-state index < -0.39 is 11.6 Å². The summed E-state index contributed by atoms with van der Waals surface area (Å²) in [4.78, 5) is 40.4. The molecule has 2 atom stereocenters. The molecule has 3 fully saturated rings. The summed E-state index contributed by atoms with van der Waals surface area (Å²) < 4.78 is 5.31. The lowest BCUT2D eigenvalue weighted by atomic mass is 9.96. The molecule has 0 radical (unpaired) electrons. The molecule has 4 rings (SSSR count). The van der Waals surface area contributed by atoms with E-state index in [9.17, 15) is 14.4 Å². The first-order valence-electron chi connectivity index (χ1n) is 8.77. The first-order chi connectivity index (χ1) is 11.9. The Hall–Kier alpha value is -2.38. The lowest BCUT2D eigenvalue weighted by Gasteiger charge is -2.25. The van der Waals surface area contributed by atoms with Gasteiger partial charge >= 0.3 is 6.03 Å². The van der Waals surface area contributed by atoms with Gasteiger partial charge in [-0.05, 0) is 45.4 Å². The quantitative estimate of drug-likeness (QED) is 0.831. The third-order valence-electron chi connectivity index (χ3n) is 5.54. The highest BCUT2D eigenvalue weighted by atomic mass is 16.5. The van der Waals surface area contributed by atoms with E-state index >= 15 is 0 Å². The second-order valence-corrected chi connectivity index (χ2v) is 7.41. The molecule has 3 aliphatic rings. The fourth-order valence-corrected chi connectivity index (χ4v) is 3.92.